The highest BCUT2D eigenvalue weighted by atomic mass is 16.1. The average molecular weight is 489 g/mol. The Morgan fingerprint density at radius 3 is 1.86 bits per heavy atom. The molecular formula is C34H36N2O. The number of nitrogens with zero attached hydrogens (tertiary/aromatic N) is 1. The van der Waals surface area contributed by atoms with Crippen LogP contribution < -0.4 is 5.32 Å². The summed E-state index contributed by atoms with van der Waals surface area (Å²) in [5, 5.41) is 4.96. The number of hydrogen-bond acceptors (Lipinski definition) is 2. The van der Waals surface area contributed by atoms with E-state index >= 15 is 0 Å². The molecule has 188 valence electrons. The molecule has 3 heteroatoms. The van der Waals surface area contributed by atoms with Gasteiger partial charge in [0.25, 0.3) is 0 Å². The summed E-state index contributed by atoms with van der Waals surface area (Å²) in [4.78, 5) is 16.9. The van der Waals surface area contributed by atoms with Crippen LogP contribution in [-0.2, 0) is 15.6 Å². The molecule has 4 aromatic rings. The van der Waals surface area contributed by atoms with E-state index in [4.69, 9.17) is 0 Å². The molecule has 4 rings (SSSR count). The first kappa shape index (κ1) is 26.1. The van der Waals surface area contributed by atoms with Crippen molar-refractivity contribution in [1.82, 2.24) is 4.98 Å². The monoisotopic (exact) mass is 488 g/mol. The second-order valence-corrected chi connectivity index (χ2v) is 11.5. The van der Waals surface area contributed by atoms with Crippen molar-refractivity contribution >= 4 is 27.9 Å². The first-order chi connectivity index (χ1) is 17.5. The Kier molecular flexibility index (Phi) is 7.45. The molecule has 0 saturated heterocycles. The van der Waals surface area contributed by atoms with Crippen molar-refractivity contribution < 1.29 is 4.79 Å². The summed E-state index contributed by atoms with van der Waals surface area (Å²) < 4.78 is 0. The maximum absolute atomic E-state index is 12.8. The number of anilines is 1. The minimum absolute atomic E-state index is 0.0897. The van der Waals surface area contributed by atoms with Crippen LogP contribution in [0, 0.1) is 0 Å². The van der Waals surface area contributed by atoms with Crippen LogP contribution in [0.25, 0.3) is 16.3 Å². The van der Waals surface area contributed by atoms with Gasteiger partial charge in [-0.2, -0.15) is 0 Å². The predicted octanol–water partition coefficient (Wildman–Crippen LogP) is 8.46. The smallest absolute Gasteiger partial charge is 0.248 e. The van der Waals surface area contributed by atoms with Crippen LogP contribution in [0.1, 0.15) is 63.8 Å². The molecule has 0 saturated carbocycles. The third-order valence-electron chi connectivity index (χ3n) is 6.57. The number of allylic oxidation sites excluding steroid dienone is 2. The van der Waals surface area contributed by atoms with E-state index in [1.165, 1.54) is 11.1 Å². The van der Waals surface area contributed by atoms with E-state index in [9.17, 15) is 4.79 Å². The van der Waals surface area contributed by atoms with E-state index < -0.39 is 0 Å². The first-order valence-electron chi connectivity index (χ1n) is 12.8. The van der Waals surface area contributed by atoms with Crippen LogP contribution in [0.4, 0.5) is 5.69 Å². The third-order valence-corrected chi connectivity index (χ3v) is 6.57. The molecule has 0 aliphatic carbocycles. The van der Waals surface area contributed by atoms with E-state index in [2.05, 4.69) is 100 Å². The van der Waals surface area contributed by atoms with Crippen LogP contribution in [0.2, 0.25) is 0 Å². The molecule has 0 aliphatic rings. The number of nitrogens with one attached hydrogen (secondary N) is 1. The Hall–Kier alpha value is -3.98. The van der Waals surface area contributed by atoms with Crippen LogP contribution in [-0.4, -0.2) is 10.9 Å². The molecule has 3 aromatic carbocycles. The topological polar surface area (TPSA) is 42.0 Å². The van der Waals surface area contributed by atoms with E-state index in [0.717, 1.165) is 33.2 Å². The van der Waals surface area contributed by atoms with Crippen molar-refractivity contribution in [3.63, 3.8) is 0 Å². The molecule has 1 amide bonds. The molecule has 0 spiro atoms. The normalized spacial score (nSPS) is 12.1. The molecular weight excluding hydrogens is 452 g/mol. The molecule has 1 N–H and O–H groups in total. The lowest BCUT2D eigenvalue weighted by atomic mass is 9.84. The molecule has 0 aliphatic heterocycles. The second-order valence-electron chi connectivity index (χ2n) is 11.5. The second kappa shape index (κ2) is 10.6. The van der Waals surface area contributed by atoms with Gasteiger partial charge in [-0.05, 0) is 50.8 Å². The number of amides is 1. The Morgan fingerprint density at radius 1 is 0.757 bits per heavy atom. The summed E-state index contributed by atoms with van der Waals surface area (Å²) in [7, 11) is 0. The summed E-state index contributed by atoms with van der Waals surface area (Å²) >= 11 is 0. The van der Waals surface area contributed by atoms with Gasteiger partial charge in [-0.25, -0.2) is 0 Å². The lowest BCUT2D eigenvalue weighted by Gasteiger charge is -2.21. The van der Waals surface area contributed by atoms with E-state index in [1.807, 2.05) is 36.4 Å². The Labute approximate surface area is 221 Å². The first-order valence-corrected chi connectivity index (χ1v) is 12.8. The number of carbonyl (C=O) groups is 1. The van der Waals surface area contributed by atoms with Gasteiger partial charge in [0.15, 0.2) is 0 Å². The molecule has 1 heterocycles. The van der Waals surface area contributed by atoms with Crippen molar-refractivity contribution in [2.45, 2.75) is 52.4 Å². The zero-order valence-electron chi connectivity index (χ0n) is 22.7. The van der Waals surface area contributed by atoms with Gasteiger partial charge >= 0.3 is 0 Å². The molecule has 0 bridgehead atoms. The maximum atomic E-state index is 12.8. The van der Waals surface area contributed by atoms with Crippen LogP contribution >= 0.6 is 0 Å². The highest BCUT2D eigenvalue weighted by Crippen LogP contribution is 2.30. The SMILES string of the molecule is CC(C)(C)c1ccc(C(=CC=CC(=O)Nc2cccc3cnccc23)c2ccc(C(C)(C)C)cc2)cc1. The van der Waals surface area contributed by atoms with Crippen molar-refractivity contribution in [1.29, 1.82) is 0 Å². The molecule has 1 aromatic heterocycles. The lowest BCUT2D eigenvalue weighted by Crippen LogP contribution is -2.11. The van der Waals surface area contributed by atoms with Crippen molar-refractivity contribution in [2.75, 3.05) is 5.32 Å². The van der Waals surface area contributed by atoms with E-state index in [-0.39, 0.29) is 16.7 Å². The van der Waals surface area contributed by atoms with Crippen molar-refractivity contribution in [3.8, 4) is 0 Å². The molecule has 0 atom stereocenters. The molecule has 3 nitrogen and oxygen atoms in total. The van der Waals surface area contributed by atoms with Gasteiger partial charge in [0.1, 0.15) is 0 Å². The molecule has 37 heavy (non-hydrogen) atoms. The van der Waals surface area contributed by atoms with Gasteiger partial charge in [-0.3, -0.25) is 9.78 Å². The Bertz CT molecular complexity index is 1380. The van der Waals surface area contributed by atoms with Gasteiger partial charge in [0.05, 0.1) is 0 Å². The summed E-state index contributed by atoms with van der Waals surface area (Å²) in [6.07, 6.45) is 8.95. The fraction of sp³-hybridized carbons (Fsp3) is 0.235. The zero-order valence-corrected chi connectivity index (χ0v) is 22.7. The summed E-state index contributed by atoms with van der Waals surface area (Å²) in [6, 6.07) is 25.2. The number of carbonyl (C=O) groups excluding carboxylic acids is 1. The third kappa shape index (κ3) is 6.42. The maximum Gasteiger partial charge on any atom is 0.248 e. The van der Waals surface area contributed by atoms with Gasteiger partial charge in [0, 0.05) is 34.9 Å². The van der Waals surface area contributed by atoms with Crippen LogP contribution in [0.5, 0.6) is 0 Å². The van der Waals surface area contributed by atoms with Gasteiger partial charge in [0.2, 0.25) is 5.91 Å². The van der Waals surface area contributed by atoms with Gasteiger partial charge in [-0.1, -0.05) is 114 Å². The van der Waals surface area contributed by atoms with Gasteiger partial charge < -0.3 is 5.32 Å². The molecule has 0 radical (unpaired) electrons. The number of aromatic nitrogens is 1. The van der Waals surface area contributed by atoms with Crippen LogP contribution in [0.3, 0.4) is 0 Å². The highest BCUT2D eigenvalue weighted by molar-refractivity contribution is 6.06. The van der Waals surface area contributed by atoms with Crippen molar-refractivity contribution in [2.24, 2.45) is 0 Å². The number of rotatable bonds is 5. The zero-order chi connectivity index (χ0) is 26.6. The minimum Gasteiger partial charge on any atom is -0.322 e. The van der Waals surface area contributed by atoms with E-state index in [1.54, 1.807) is 18.5 Å². The Balaban J connectivity index is 1.63. The van der Waals surface area contributed by atoms with Crippen LogP contribution in [0.15, 0.2) is 103 Å². The predicted molar refractivity (Wildman–Crippen MR) is 157 cm³/mol. The largest absolute Gasteiger partial charge is 0.322 e. The van der Waals surface area contributed by atoms with Crippen molar-refractivity contribution in [3.05, 3.63) is 126 Å². The fourth-order valence-electron chi connectivity index (χ4n) is 4.30. The lowest BCUT2D eigenvalue weighted by molar-refractivity contribution is -0.111. The number of benzene rings is 3. The average Bonchev–Trinajstić information content (AvgIpc) is 2.86. The molecule has 0 fully saturated rings. The minimum atomic E-state index is -0.175. The van der Waals surface area contributed by atoms with Gasteiger partial charge in [-0.15, -0.1) is 0 Å². The van der Waals surface area contributed by atoms with E-state index in [0.29, 0.717) is 0 Å². The highest BCUT2D eigenvalue weighted by Gasteiger charge is 2.16. The summed E-state index contributed by atoms with van der Waals surface area (Å²) in [6.45, 7) is 13.3. The standard InChI is InChI=1S/C34H36N2O/c1-33(2,3)27-17-13-24(14-18-27)29(25-15-19-28(20-16-25)34(4,5)6)10-8-12-32(37)36-31-11-7-9-26-23-35-22-21-30(26)31/h7-23H,1-6H3,(H,36,37). The molecule has 0 unspecified atom stereocenters. The number of pyridine rings is 1. The fourth-order valence-corrected chi connectivity index (χ4v) is 4.30. The quantitative estimate of drug-likeness (QED) is 0.226. The summed E-state index contributed by atoms with van der Waals surface area (Å²) in [5.41, 5.74) is 6.83. The Morgan fingerprint density at radius 2 is 1.32 bits per heavy atom. The summed E-state index contributed by atoms with van der Waals surface area (Å²) in [5.74, 6) is -0.175. The number of fused-ring (bicyclic) bond motifs is 1. The number of hydrogen-bond donors (Lipinski definition) is 1.